The second-order valence-corrected chi connectivity index (χ2v) is 8.61. The third-order valence-corrected chi connectivity index (χ3v) is 6.88. The second-order valence-electron chi connectivity index (χ2n) is 8.61. The number of nitrogens with zero attached hydrogens (tertiary/aromatic N) is 2. The number of likely N-dealkylation sites (tertiary alicyclic amines) is 1. The summed E-state index contributed by atoms with van der Waals surface area (Å²) < 4.78 is 5.16. The Morgan fingerprint density at radius 1 is 1.14 bits per heavy atom. The predicted molar refractivity (Wildman–Crippen MR) is 107 cm³/mol. The fourth-order valence-electron chi connectivity index (χ4n) is 5.02. The number of imide groups is 1. The highest BCUT2D eigenvalue weighted by Gasteiger charge is 2.50. The number of nitrogens with one attached hydrogen (secondary N) is 1. The first-order valence-electron chi connectivity index (χ1n) is 10.5. The first-order chi connectivity index (χ1) is 13.9. The lowest BCUT2D eigenvalue weighted by atomic mass is 9.75. The molecule has 1 N–H and O–H groups in total. The van der Waals surface area contributed by atoms with Crippen LogP contribution in [-0.4, -0.2) is 54.4 Å². The van der Waals surface area contributed by atoms with Gasteiger partial charge in [0.15, 0.2) is 0 Å². The van der Waals surface area contributed by atoms with Gasteiger partial charge in [0.2, 0.25) is 5.91 Å². The van der Waals surface area contributed by atoms with Gasteiger partial charge in [-0.2, -0.15) is 0 Å². The largest absolute Gasteiger partial charge is 0.497 e. The summed E-state index contributed by atoms with van der Waals surface area (Å²) in [5, 5.41) is 2.76. The summed E-state index contributed by atoms with van der Waals surface area (Å²) in [7, 11) is 1.57. The van der Waals surface area contributed by atoms with E-state index < -0.39 is 17.5 Å². The van der Waals surface area contributed by atoms with Crippen LogP contribution in [0.3, 0.4) is 0 Å². The number of hydrogen-bond donors (Lipinski definition) is 1. The Hall–Kier alpha value is -2.57. The van der Waals surface area contributed by atoms with Crippen molar-refractivity contribution < 1.29 is 19.1 Å². The van der Waals surface area contributed by atoms with Crippen LogP contribution in [0.25, 0.3) is 0 Å². The smallest absolute Gasteiger partial charge is 0.325 e. The van der Waals surface area contributed by atoms with E-state index in [1.54, 1.807) is 38.3 Å². The first-order valence-corrected chi connectivity index (χ1v) is 10.5. The van der Waals surface area contributed by atoms with Gasteiger partial charge < -0.3 is 15.0 Å². The summed E-state index contributed by atoms with van der Waals surface area (Å²) in [5.74, 6) is 1.43. The molecule has 4 amide bonds. The third-order valence-electron chi connectivity index (χ3n) is 6.88. The van der Waals surface area contributed by atoms with Gasteiger partial charge in [-0.05, 0) is 49.3 Å². The van der Waals surface area contributed by atoms with Crippen LogP contribution < -0.4 is 10.1 Å². The van der Waals surface area contributed by atoms with Crippen molar-refractivity contribution >= 4 is 17.8 Å². The molecular weight excluding hydrogens is 370 g/mol. The van der Waals surface area contributed by atoms with Crippen molar-refractivity contribution in [2.24, 2.45) is 11.8 Å². The molecule has 7 nitrogen and oxygen atoms in total. The maximum absolute atomic E-state index is 13.1. The maximum Gasteiger partial charge on any atom is 0.325 e. The lowest BCUT2D eigenvalue weighted by Gasteiger charge is -2.41. The molecule has 4 rings (SSSR count). The molecule has 29 heavy (non-hydrogen) atoms. The van der Waals surface area contributed by atoms with E-state index in [2.05, 4.69) is 5.32 Å². The number of fused-ring (bicyclic) bond motifs is 1. The maximum atomic E-state index is 13.1. The topological polar surface area (TPSA) is 79.0 Å². The van der Waals surface area contributed by atoms with Crippen molar-refractivity contribution in [2.45, 2.75) is 44.6 Å². The molecule has 1 aromatic carbocycles. The minimum atomic E-state index is -1.18. The molecule has 0 unspecified atom stereocenters. The molecule has 1 aromatic rings. The monoisotopic (exact) mass is 399 g/mol. The average Bonchev–Trinajstić information content (AvgIpc) is 2.97. The van der Waals surface area contributed by atoms with Gasteiger partial charge in [-0.1, -0.05) is 31.4 Å². The number of carbonyl (C=O) groups is 3. The van der Waals surface area contributed by atoms with Gasteiger partial charge >= 0.3 is 6.03 Å². The second kappa shape index (κ2) is 7.69. The Labute approximate surface area is 171 Å². The SMILES string of the molecule is COc1ccc([C@]2(C)NC(=O)N(CC(=O)N3CC[C@@H]4CCCC[C@@H]4C3)C2=O)cc1. The third kappa shape index (κ3) is 3.58. The van der Waals surface area contributed by atoms with Gasteiger partial charge in [0.05, 0.1) is 7.11 Å². The normalized spacial score (nSPS) is 29.4. The fourth-order valence-corrected chi connectivity index (χ4v) is 5.02. The van der Waals surface area contributed by atoms with Crippen molar-refractivity contribution in [3.63, 3.8) is 0 Å². The average molecular weight is 399 g/mol. The molecule has 2 saturated heterocycles. The van der Waals surface area contributed by atoms with Crippen molar-refractivity contribution in [3.8, 4) is 5.75 Å². The first kappa shape index (κ1) is 19.7. The summed E-state index contributed by atoms with van der Waals surface area (Å²) in [6, 6.07) is 6.51. The Morgan fingerprint density at radius 3 is 2.52 bits per heavy atom. The molecule has 2 aliphatic heterocycles. The van der Waals surface area contributed by atoms with Gasteiger partial charge in [-0.15, -0.1) is 0 Å². The minimum Gasteiger partial charge on any atom is -0.497 e. The number of amides is 4. The molecule has 3 aliphatic rings. The van der Waals surface area contributed by atoms with Crippen molar-refractivity contribution in [3.05, 3.63) is 29.8 Å². The molecule has 2 heterocycles. The van der Waals surface area contributed by atoms with Gasteiger partial charge in [-0.25, -0.2) is 4.79 Å². The molecule has 1 aliphatic carbocycles. The number of hydrogen-bond acceptors (Lipinski definition) is 4. The highest BCUT2D eigenvalue weighted by atomic mass is 16.5. The van der Waals surface area contributed by atoms with Gasteiger partial charge in [0.25, 0.3) is 5.91 Å². The highest BCUT2D eigenvalue weighted by molar-refractivity contribution is 6.09. The van der Waals surface area contributed by atoms with Crippen LogP contribution in [0.15, 0.2) is 24.3 Å². The molecule has 7 heteroatoms. The zero-order valence-electron chi connectivity index (χ0n) is 17.1. The Kier molecular flexibility index (Phi) is 5.23. The number of carbonyl (C=O) groups excluding carboxylic acids is 3. The lowest BCUT2D eigenvalue weighted by Crippen LogP contribution is -2.49. The van der Waals surface area contributed by atoms with Gasteiger partial charge in [-0.3, -0.25) is 14.5 Å². The van der Waals surface area contributed by atoms with Crippen LogP contribution in [0, 0.1) is 11.8 Å². The summed E-state index contributed by atoms with van der Waals surface area (Å²) in [5.41, 5.74) is -0.519. The summed E-state index contributed by atoms with van der Waals surface area (Å²) >= 11 is 0. The molecule has 0 spiro atoms. The van der Waals surface area contributed by atoms with E-state index in [9.17, 15) is 14.4 Å². The number of methoxy groups -OCH3 is 1. The number of piperidine rings is 1. The standard InChI is InChI=1S/C22H29N3O4/c1-22(17-7-9-18(29-2)10-8-17)20(27)25(21(28)23-22)14-19(26)24-12-11-15-5-3-4-6-16(15)13-24/h7-10,15-16H,3-6,11-14H2,1-2H3,(H,23,28)/t15-,16+,22-/m0/s1. The van der Waals surface area contributed by atoms with Crippen molar-refractivity contribution in [1.82, 2.24) is 15.1 Å². The van der Waals surface area contributed by atoms with E-state index in [0.717, 1.165) is 30.3 Å². The molecule has 3 fully saturated rings. The zero-order chi connectivity index (χ0) is 20.6. The molecule has 0 bridgehead atoms. The Bertz CT molecular complexity index is 809. The predicted octanol–water partition coefficient (Wildman–Crippen LogP) is 2.50. The molecule has 156 valence electrons. The van der Waals surface area contributed by atoms with E-state index >= 15 is 0 Å². The van der Waals surface area contributed by atoms with E-state index in [1.807, 2.05) is 4.90 Å². The zero-order valence-corrected chi connectivity index (χ0v) is 17.1. The van der Waals surface area contributed by atoms with E-state index in [4.69, 9.17) is 4.74 Å². The van der Waals surface area contributed by atoms with Crippen LogP contribution in [0.5, 0.6) is 5.75 Å². The van der Waals surface area contributed by atoms with Crippen LogP contribution in [-0.2, 0) is 15.1 Å². The van der Waals surface area contributed by atoms with Gasteiger partial charge in [0.1, 0.15) is 17.8 Å². The minimum absolute atomic E-state index is 0.142. The Balaban J connectivity index is 1.44. The number of rotatable bonds is 4. The van der Waals surface area contributed by atoms with Gasteiger partial charge in [0, 0.05) is 13.1 Å². The number of benzene rings is 1. The molecule has 0 aromatic heterocycles. The van der Waals surface area contributed by atoms with E-state index in [0.29, 0.717) is 17.2 Å². The summed E-state index contributed by atoms with van der Waals surface area (Å²) in [4.78, 5) is 41.4. The van der Waals surface area contributed by atoms with Crippen molar-refractivity contribution in [1.29, 1.82) is 0 Å². The molecular formula is C22H29N3O4. The molecule has 0 radical (unpaired) electrons. The van der Waals surface area contributed by atoms with Crippen LogP contribution in [0.4, 0.5) is 4.79 Å². The summed E-state index contributed by atoms with van der Waals surface area (Å²) in [6.45, 7) is 2.95. The molecule has 1 saturated carbocycles. The highest BCUT2D eigenvalue weighted by Crippen LogP contribution is 2.36. The number of ether oxygens (including phenoxy) is 1. The Morgan fingerprint density at radius 2 is 1.83 bits per heavy atom. The molecule has 3 atom stereocenters. The van der Waals surface area contributed by atoms with Crippen LogP contribution >= 0.6 is 0 Å². The van der Waals surface area contributed by atoms with E-state index in [1.165, 1.54) is 25.7 Å². The van der Waals surface area contributed by atoms with Crippen molar-refractivity contribution in [2.75, 3.05) is 26.7 Å². The summed E-state index contributed by atoms with van der Waals surface area (Å²) in [6.07, 6.45) is 5.99. The van der Waals surface area contributed by atoms with E-state index in [-0.39, 0.29) is 12.5 Å². The van der Waals surface area contributed by atoms with Crippen LogP contribution in [0.2, 0.25) is 0 Å². The quantitative estimate of drug-likeness (QED) is 0.789. The van der Waals surface area contributed by atoms with Crippen LogP contribution in [0.1, 0.15) is 44.6 Å². The fraction of sp³-hybridized carbons (Fsp3) is 0.591. The number of urea groups is 1. The lowest BCUT2D eigenvalue weighted by molar-refractivity contribution is -0.140.